The molecule has 0 aliphatic carbocycles. The zero-order valence-corrected chi connectivity index (χ0v) is 9.70. The van der Waals surface area contributed by atoms with Crippen molar-refractivity contribution in [3.8, 4) is 0 Å². The van der Waals surface area contributed by atoms with Crippen LogP contribution in [-0.4, -0.2) is 34.1 Å². The maximum absolute atomic E-state index is 12.6. The van der Waals surface area contributed by atoms with Gasteiger partial charge in [0.25, 0.3) is 0 Å². The van der Waals surface area contributed by atoms with Gasteiger partial charge in [-0.3, -0.25) is 9.48 Å². The van der Waals surface area contributed by atoms with E-state index >= 15 is 0 Å². The Morgan fingerprint density at radius 3 is 2.72 bits per heavy atom. The van der Waals surface area contributed by atoms with Crippen LogP contribution in [0.15, 0.2) is 6.20 Å². The molecule has 1 aromatic heterocycles. The molecule has 102 valence electrons. The van der Waals surface area contributed by atoms with Gasteiger partial charge in [0.05, 0.1) is 26.2 Å². The van der Waals surface area contributed by atoms with Gasteiger partial charge in [0.1, 0.15) is 0 Å². The third kappa shape index (κ3) is 3.73. The van der Waals surface area contributed by atoms with Gasteiger partial charge in [-0.25, -0.2) is 0 Å². The van der Waals surface area contributed by atoms with Crippen molar-refractivity contribution in [2.45, 2.75) is 26.1 Å². The molecule has 0 saturated heterocycles. The third-order valence-corrected chi connectivity index (χ3v) is 2.08. The first-order valence-electron chi connectivity index (χ1n) is 5.28. The van der Waals surface area contributed by atoms with Gasteiger partial charge in [-0.15, -0.1) is 0 Å². The van der Waals surface area contributed by atoms with Gasteiger partial charge in [0.2, 0.25) is 0 Å². The highest BCUT2D eigenvalue weighted by atomic mass is 19.4. The van der Waals surface area contributed by atoms with E-state index in [1.165, 1.54) is 0 Å². The fourth-order valence-electron chi connectivity index (χ4n) is 1.42. The van der Waals surface area contributed by atoms with Crippen molar-refractivity contribution in [3.63, 3.8) is 0 Å². The maximum atomic E-state index is 12.6. The van der Waals surface area contributed by atoms with Crippen LogP contribution in [0.1, 0.15) is 18.2 Å². The molecular weight excluding hydrogens is 253 g/mol. The Morgan fingerprint density at radius 2 is 2.22 bits per heavy atom. The first kappa shape index (κ1) is 14.5. The number of hydrogen-bond acceptors (Lipinski definition) is 4. The van der Waals surface area contributed by atoms with Crippen LogP contribution >= 0.6 is 0 Å². The lowest BCUT2D eigenvalue weighted by atomic mass is 10.2. The van der Waals surface area contributed by atoms with Crippen molar-refractivity contribution in [2.24, 2.45) is 0 Å². The molecule has 0 aliphatic rings. The van der Waals surface area contributed by atoms with Crippen molar-refractivity contribution in [1.82, 2.24) is 9.78 Å². The standard InChI is InChI=1S/C10H13F3N2O3/c1-2-18-8(17)5-7-6-15(3-4-16)14-9(7)10(11,12)13/h6,16H,2-5H2,1H3. The molecule has 0 aromatic carbocycles. The highest BCUT2D eigenvalue weighted by Gasteiger charge is 2.37. The van der Waals surface area contributed by atoms with Gasteiger partial charge in [0, 0.05) is 11.8 Å². The highest BCUT2D eigenvalue weighted by Crippen LogP contribution is 2.31. The number of esters is 1. The predicted molar refractivity (Wildman–Crippen MR) is 54.7 cm³/mol. The van der Waals surface area contributed by atoms with E-state index in [-0.39, 0.29) is 25.3 Å². The van der Waals surface area contributed by atoms with E-state index in [1.807, 2.05) is 0 Å². The summed E-state index contributed by atoms with van der Waals surface area (Å²) in [6, 6.07) is 0. The molecule has 0 saturated carbocycles. The van der Waals surface area contributed by atoms with E-state index in [0.717, 1.165) is 10.9 Å². The van der Waals surface area contributed by atoms with Gasteiger partial charge in [-0.1, -0.05) is 0 Å². The third-order valence-electron chi connectivity index (χ3n) is 2.08. The Morgan fingerprint density at radius 1 is 1.56 bits per heavy atom. The van der Waals surface area contributed by atoms with Gasteiger partial charge in [-0.05, 0) is 6.92 Å². The van der Waals surface area contributed by atoms with Crippen LogP contribution in [0.5, 0.6) is 0 Å². The summed E-state index contributed by atoms with van der Waals surface area (Å²) in [5.41, 5.74) is -1.38. The largest absolute Gasteiger partial charge is 0.466 e. The number of carbonyl (C=O) groups is 1. The van der Waals surface area contributed by atoms with Crippen LogP contribution in [0, 0.1) is 0 Å². The molecule has 0 unspecified atom stereocenters. The summed E-state index contributed by atoms with van der Waals surface area (Å²) < 4.78 is 43.5. The second-order valence-corrected chi connectivity index (χ2v) is 3.47. The Labute approximate surface area is 101 Å². The van der Waals surface area contributed by atoms with Crippen LogP contribution in [-0.2, 0) is 28.7 Å². The molecule has 18 heavy (non-hydrogen) atoms. The highest BCUT2D eigenvalue weighted by molar-refractivity contribution is 5.72. The summed E-state index contributed by atoms with van der Waals surface area (Å²) in [6.07, 6.45) is -4.04. The molecule has 1 aromatic rings. The number of rotatable bonds is 5. The number of ether oxygens (including phenoxy) is 1. The normalized spacial score (nSPS) is 11.6. The number of aliphatic hydroxyl groups excluding tert-OH is 1. The summed E-state index contributed by atoms with van der Waals surface area (Å²) >= 11 is 0. The lowest BCUT2D eigenvalue weighted by Gasteiger charge is -2.05. The number of halogens is 3. The summed E-state index contributed by atoms with van der Waals surface area (Å²) in [7, 11) is 0. The molecule has 5 nitrogen and oxygen atoms in total. The van der Waals surface area contributed by atoms with Gasteiger partial charge >= 0.3 is 12.1 Å². The van der Waals surface area contributed by atoms with E-state index in [4.69, 9.17) is 5.11 Å². The second-order valence-electron chi connectivity index (χ2n) is 3.47. The molecule has 0 radical (unpaired) electrons. The molecule has 0 atom stereocenters. The fourth-order valence-corrected chi connectivity index (χ4v) is 1.42. The minimum Gasteiger partial charge on any atom is -0.466 e. The molecule has 0 aliphatic heterocycles. The molecule has 1 rings (SSSR count). The molecular formula is C10H13F3N2O3. The van der Waals surface area contributed by atoms with Crippen molar-refractivity contribution in [2.75, 3.05) is 13.2 Å². The Bertz CT molecular complexity index is 415. The fraction of sp³-hybridized carbons (Fsp3) is 0.600. The smallest absolute Gasteiger partial charge is 0.435 e. The summed E-state index contributed by atoms with van der Waals surface area (Å²) in [6.45, 7) is 1.27. The van der Waals surface area contributed by atoms with E-state index in [0.29, 0.717) is 0 Å². The van der Waals surface area contributed by atoms with Crippen molar-refractivity contribution < 1.29 is 27.8 Å². The van der Waals surface area contributed by atoms with Crippen molar-refractivity contribution in [1.29, 1.82) is 0 Å². The number of alkyl halides is 3. The first-order valence-corrected chi connectivity index (χ1v) is 5.28. The Balaban J connectivity index is 2.96. The molecule has 1 heterocycles. The van der Waals surface area contributed by atoms with Gasteiger partial charge in [0.15, 0.2) is 5.69 Å². The predicted octanol–water partition coefficient (Wildman–Crippen LogP) is 1.000. The van der Waals surface area contributed by atoms with Crippen LogP contribution in [0.2, 0.25) is 0 Å². The monoisotopic (exact) mass is 266 g/mol. The zero-order chi connectivity index (χ0) is 13.8. The van der Waals surface area contributed by atoms with Crippen LogP contribution in [0.3, 0.4) is 0 Å². The zero-order valence-electron chi connectivity index (χ0n) is 9.70. The maximum Gasteiger partial charge on any atom is 0.435 e. The van der Waals surface area contributed by atoms with E-state index in [1.54, 1.807) is 6.92 Å². The minimum atomic E-state index is -4.64. The minimum absolute atomic E-state index is 0.0636. The summed E-state index contributed by atoms with van der Waals surface area (Å²) in [5, 5.41) is 12.0. The molecule has 0 fully saturated rings. The molecule has 0 bridgehead atoms. The Kier molecular flexibility index (Phi) is 4.71. The average molecular weight is 266 g/mol. The quantitative estimate of drug-likeness (QED) is 0.807. The lowest BCUT2D eigenvalue weighted by molar-refractivity contribution is -0.144. The second kappa shape index (κ2) is 5.85. The number of aliphatic hydroxyl groups is 1. The SMILES string of the molecule is CCOC(=O)Cc1cn(CCO)nc1C(F)(F)F. The van der Waals surface area contributed by atoms with Crippen LogP contribution in [0.4, 0.5) is 13.2 Å². The van der Waals surface area contributed by atoms with Crippen LogP contribution < -0.4 is 0 Å². The van der Waals surface area contributed by atoms with Crippen molar-refractivity contribution >= 4 is 5.97 Å². The topological polar surface area (TPSA) is 64.3 Å². The molecule has 0 spiro atoms. The van der Waals surface area contributed by atoms with E-state index < -0.39 is 24.3 Å². The van der Waals surface area contributed by atoms with E-state index in [2.05, 4.69) is 9.84 Å². The summed E-state index contributed by atoms with van der Waals surface area (Å²) in [5.74, 6) is -0.744. The number of hydrogen-bond donors (Lipinski definition) is 1. The number of nitrogens with zero attached hydrogens (tertiary/aromatic N) is 2. The molecule has 1 N–H and O–H groups in total. The van der Waals surface area contributed by atoms with Gasteiger partial charge < -0.3 is 9.84 Å². The lowest BCUT2D eigenvalue weighted by Crippen LogP contribution is -2.13. The molecule has 8 heteroatoms. The Hall–Kier alpha value is -1.57. The van der Waals surface area contributed by atoms with Crippen molar-refractivity contribution in [3.05, 3.63) is 17.5 Å². The first-order chi connectivity index (χ1) is 8.38. The van der Waals surface area contributed by atoms with E-state index in [9.17, 15) is 18.0 Å². The van der Waals surface area contributed by atoms with Gasteiger partial charge in [-0.2, -0.15) is 18.3 Å². The number of carbonyl (C=O) groups excluding carboxylic acids is 1. The molecule has 0 amide bonds. The summed E-state index contributed by atoms with van der Waals surface area (Å²) in [4.78, 5) is 11.2. The average Bonchev–Trinajstić information content (AvgIpc) is 2.61. The van der Waals surface area contributed by atoms with Crippen LogP contribution in [0.25, 0.3) is 0 Å². The number of aromatic nitrogens is 2.